The largest absolute Gasteiger partial charge is 0.394 e. The summed E-state index contributed by atoms with van der Waals surface area (Å²) in [5, 5.41) is 9.41. The van der Waals surface area contributed by atoms with Gasteiger partial charge in [0, 0.05) is 24.7 Å². The van der Waals surface area contributed by atoms with Crippen LogP contribution in [-0.4, -0.2) is 53.5 Å². The molecule has 98 valence electrons. The van der Waals surface area contributed by atoms with E-state index in [1.54, 1.807) is 0 Å². The Bertz CT molecular complexity index is 275. The fraction of sp³-hybridized carbons (Fsp3) is 1.00. The number of likely N-dealkylation sites (tertiary alicyclic amines) is 1. The SMILES string of the molecule is NC1(CO)CCCC(N2CC3CCC(C2)O3)C1. The van der Waals surface area contributed by atoms with Gasteiger partial charge in [0.2, 0.25) is 0 Å². The minimum Gasteiger partial charge on any atom is -0.394 e. The van der Waals surface area contributed by atoms with Crippen LogP contribution in [-0.2, 0) is 4.74 Å². The van der Waals surface area contributed by atoms with Crippen molar-refractivity contribution in [3.05, 3.63) is 0 Å². The highest BCUT2D eigenvalue weighted by atomic mass is 16.5. The minimum absolute atomic E-state index is 0.126. The third-order valence-electron chi connectivity index (χ3n) is 4.76. The Morgan fingerprint density at radius 2 is 1.94 bits per heavy atom. The maximum absolute atomic E-state index is 9.41. The Morgan fingerprint density at radius 3 is 2.59 bits per heavy atom. The number of ether oxygens (including phenoxy) is 1. The van der Waals surface area contributed by atoms with E-state index in [2.05, 4.69) is 4.90 Å². The van der Waals surface area contributed by atoms with Crippen molar-refractivity contribution in [3.8, 4) is 0 Å². The zero-order chi connectivity index (χ0) is 11.9. The molecule has 2 saturated heterocycles. The number of nitrogens with two attached hydrogens (primary N) is 1. The summed E-state index contributed by atoms with van der Waals surface area (Å²) in [4.78, 5) is 2.57. The summed E-state index contributed by atoms with van der Waals surface area (Å²) < 4.78 is 5.87. The lowest BCUT2D eigenvalue weighted by atomic mass is 9.79. The standard InChI is InChI=1S/C13H24N2O2/c14-13(9-16)5-1-2-10(6-13)15-7-11-3-4-12(8-15)17-11/h10-12,16H,1-9,14H2. The number of aliphatic hydroxyl groups excluding tert-OH is 1. The van der Waals surface area contributed by atoms with Gasteiger partial charge in [-0.15, -0.1) is 0 Å². The molecule has 0 aromatic rings. The molecule has 3 aliphatic rings. The van der Waals surface area contributed by atoms with Crippen molar-refractivity contribution in [3.63, 3.8) is 0 Å². The molecule has 3 fully saturated rings. The van der Waals surface area contributed by atoms with Crippen LogP contribution in [0.3, 0.4) is 0 Å². The zero-order valence-corrected chi connectivity index (χ0v) is 10.5. The summed E-state index contributed by atoms with van der Waals surface area (Å²) in [6.07, 6.45) is 7.66. The van der Waals surface area contributed by atoms with E-state index in [0.29, 0.717) is 18.2 Å². The highest BCUT2D eigenvalue weighted by Crippen LogP contribution is 2.34. The maximum Gasteiger partial charge on any atom is 0.0707 e. The fourth-order valence-corrected chi connectivity index (χ4v) is 3.76. The monoisotopic (exact) mass is 240 g/mol. The van der Waals surface area contributed by atoms with Crippen LogP contribution in [0.2, 0.25) is 0 Å². The number of morpholine rings is 1. The van der Waals surface area contributed by atoms with E-state index in [4.69, 9.17) is 10.5 Å². The molecule has 0 radical (unpaired) electrons. The van der Waals surface area contributed by atoms with Gasteiger partial charge >= 0.3 is 0 Å². The molecule has 1 saturated carbocycles. The highest BCUT2D eigenvalue weighted by Gasteiger charge is 2.40. The molecule has 3 N–H and O–H groups in total. The van der Waals surface area contributed by atoms with Gasteiger partial charge < -0.3 is 15.6 Å². The van der Waals surface area contributed by atoms with Crippen molar-refractivity contribution in [1.82, 2.24) is 4.90 Å². The van der Waals surface area contributed by atoms with Crippen LogP contribution in [0.5, 0.6) is 0 Å². The normalized spacial score (nSPS) is 47.3. The van der Waals surface area contributed by atoms with Crippen LogP contribution in [0, 0.1) is 0 Å². The number of hydrogen-bond acceptors (Lipinski definition) is 4. The first-order valence-corrected chi connectivity index (χ1v) is 6.98. The van der Waals surface area contributed by atoms with Crippen molar-refractivity contribution in [2.24, 2.45) is 5.73 Å². The Hall–Kier alpha value is -0.160. The van der Waals surface area contributed by atoms with Gasteiger partial charge in [0.15, 0.2) is 0 Å². The van der Waals surface area contributed by atoms with Gasteiger partial charge in [0.1, 0.15) is 0 Å². The van der Waals surface area contributed by atoms with E-state index in [0.717, 1.165) is 32.4 Å². The van der Waals surface area contributed by atoms with Crippen LogP contribution in [0.4, 0.5) is 0 Å². The van der Waals surface area contributed by atoms with Gasteiger partial charge in [-0.25, -0.2) is 0 Å². The fourth-order valence-electron chi connectivity index (χ4n) is 3.76. The topological polar surface area (TPSA) is 58.7 Å². The lowest BCUT2D eigenvalue weighted by Crippen LogP contribution is -2.56. The summed E-state index contributed by atoms with van der Waals surface area (Å²) in [5.74, 6) is 0. The molecule has 4 heteroatoms. The van der Waals surface area contributed by atoms with Gasteiger partial charge in [-0.2, -0.15) is 0 Å². The van der Waals surface area contributed by atoms with Gasteiger partial charge in [0.05, 0.1) is 18.8 Å². The summed E-state index contributed by atoms with van der Waals surface area (Å²) in [6, 6.07) is 0.563. The van der Waals surface area contributed by atoms with Crippen molar-refractivity contribution in [2.75, 3.05) is 19.7 Å². The molecule has 0 aromatic heterocycles. The second-order valence-corrected chi connectivity index (χ2v) is 6.18. The third-order valence-corrected chi connectivity index (χ3v) is 4.76. The summed E-state index contributed by atoms with van der Waals surface area (Å²) in [5.41, 5.74) is 5.90. The third kappa shape index (κ3) is 2.36. The van der Waals surface area contributed by atoms with Crippen LogP contribution in [0.1, 0.15) is 38.5 Å². The van der Waals surface area contributed by atoms with Crippen LogP contribution >= 0.6 is 0 Å². The van der Waals surface area contributed by atoms with Gasteiger partial charge in [0.25, 0.3) is 0 Å². The first-order valence-electron chi connectivity index (χ1n) is 6.98. The zero-order valence-electron chi connectivity index (χ0n) is 10.5. The van der Waals surface area contributed by atoms with E-state index in [9.17, 15) is 5.11 Å². The molecule has 3 rings (SSSR count). The molecule has 0 amide bonds. The Morgan fingerprint density at radius 1 is 1.24 bits per heavy atom. The summed E-state index contributed by atoms with van der Waals surface area (Å²) in [6.45, 7) is 2.27. The Kier molecular flexibility index (Phi) is 3.15. The van der Waals surface area contributed by atoms with E-state index < -0.39 is 0 Å². The van der Waals surface area contributed by atoms with E-state index >= 15 is 0 Å². The summed E-state index contributed by atoms with van der Waals surface area (Å²) >= 11 is 0. The minimum atomic E-state index is -0.333. The molecule has 1 aliphatic carbocycles. The lowest BCUT2D eigenvalue weighted by molar-refractivity contribution is -0.0632. The second-order valence-electron chi connectivity index (χ2n) is 6.18. The van der Waals surface area contributed by atoms with E-state index in [-0.39, 0.29) is 12.1 Å². The number of nitrogens with zero attached hydrogens (tertiary/aromatic N) is 1. The Balaban J connectivity index is 1.64. The van der Waals surface area contributed by atoms with Crippen molar-refractivity contribution in [2.45, 2.75) is 62.3 Å². The molecule has 4 atom stereocenters. The average Bonchev–Trinajstić information content (AvgIpc) is 2.68. The maximum atomic E-state index is 9.41. The van der Waals surface area contributed by atoms with Crippen LogP contribution < -0.4 is 5.73 Å². The predicted octanol–water partition coefficient (Wildman–Crippen LogP) is 0.482. The van der Waals surface area contributed by atoms with Crippen molar-refractivity contribution < 1.29 is 9.84 Å². The van der Waals surface area contributed by atoms with Gasteiger partial charge in [-0.1, -0.05) is 0 Å². The first-order chi connectivity index (χ1) is 8.18. The van der Waals surface area contributed by atoms with Gasteiger partial charge in [-0.05, 0) is 38.5 Å². The summed E-state index contributed by atoms with van der Waals surface area (Å²) in [7, 11) is 0. The molecule has 4 nitrogen and oxygen atoms in total. The molecular formula is C13H24N2O2. The molecule has 4 unspecified atom stereocenters. The lowest BCUT2D eigenvalue weighted by Gasteiger charge is -2.44. The molecule has 2 bridgehead atoms. The van der Waals surface area contributed by atoms with E-state index in [1.807, 2.05) is 0 Å². The molecule has 2 aliphatic heterocycles. The second kappa shape index (κ2) is 4.50. The van der Waals surface area contributed by atoms with E-state index in [1.165, 1.54) is 19.3 Å². The molecule has 17 heavy (non-hydrogen) atoms. The average molecular weight is 240 g/mol. The number of fused-ring (bicyclic) bond motifs is 2. The van der Waals surface area contributed by atoms with Crippen LogP contribution in [0.25, 0.3) is 0 Å². The quantitative estimate of drug-likeness (QED) is 0.737. The van der Waals surface area contributed by atoms with Crippen molar-refractivity contribution in [1.29, 1.82) is 0 Å². The number of rotatable bonds is 2. The van der Waals surface area contributed by atoms with Crippen molar-refractivity contribution >= 4 is 0 Å². The smallest absolute Gasteiger partial charge is 0.0707 e. The number of aliphatic hydroxyl groups is 1. The predicted molar refractivity (Wildman–Crippen MR) is 65.7 cm³/mol. The van der Waals surface area contributed by atoms with Crippen LogP contribution in [0.15, 0.2) is 0 Å². The highest BCUT2D eigenvalue weighted by molar-refractivity contribution is 4.96. The molecular weight excluding hydrogens is 216 g/mol. The number of hydrogen-bond donors (Lipinski definition) is 2. The molecule has 0 aromatic carbocycles. The molecule has 0 spiro atoms. The Labute approximate surface area is 103 Å². The van der Waals surface area contributed by atoms with Gasteiger partial charge in [-0.3, -0.25) is 4.90 Å². The first kappa shape index (κ1) is 11.9. The molecule has 2 heterocycles.